The topological polar surface area (TPSA) is 46.2 Å². The molecule has 2 aromatic rings. The van der Waals surface area contributed by atoms with Gasteiger partial charge in [0, 0.05) is 11.6 Å². The summed E-state index contributed by atoms with van der Waals surface area (Å²) in [5, 5.41) is 0.152. The van der Waals surface area contributed by atoms with Gasteiger partial charge in [0.2, 0.25) is 10.0 Å². The number of hydrogen-bond acceptors (Lipinski definition) is 2. The molecule has 2 aromatic carbocycles. The summed E-state index contributed by atoms with van der Waals surface area (Å²) < 4.78 is 39.8. The van der Waals surface area contributed by atoms with Crippen molar-refractivity contribution in [2.75, 3.05) is 0 Å². The predicted molar refractivity (Wildman–Crippen MR) is 71.9 cm³/mol. The molecule has 0 fully saturated rings. The van der Waals surface area contributed by atoms with Crippen LogP contribution in [0.4, 0.5) is 4.39 Å². The van der Waals surface area contributed by atoms with Crippen molar-refractivity contribution in [1.82, 2.24) is 4.72 Å². The summed E-state index contributed by atoms with van der Waals surface area (Å²) in [5.74, 6) is -0.868. The van der Waals surface area contributed by atoms with E-state index in [-0.39, 0.29) is 11.6 Å². The van der Waals surface area contributed by atoms with E-state index in [1.54, 1.807) is 24.3 Å². The van der Waals surface area contributed by atoms with Crippen molar-refractivity contribution in [2.24, 2.45) is 0 Å². The van der Waals surface area contributed by atoms with Crippen LogP contribution in [0.25, 0.3) is 0 Å². The van der Waals surface area contributed by atoms with Gasteiger partial charge in [-0.25, -0.2) is 17.5 Å². The molecule has 3 nitrogen and oxygen atoms in total. The Balaban J connectivity index is 2.19. The van der Waals surface area contributed by atoms with Crippen LogP contribution in [0, 0.1) is 5.82 Å². The minimum Gasteiger partial charge on any atom is -0.207 e. The van der Waals surface area contributed by atoms with E-state index in [0.29, 0.717) is 0 Å². The van der Waals surface area contributed by atoms with Crippen molar-refractivity contribution >= 4 is 21.6 Å². The van der Waals surface area contributed by atoms with Crippen LogP contribution in [0.5, 0.6) is 0 Å². The Morgan fingerprint density at radius 3 is 2.42 bits per heavy atom. The molecule has 2 rings (SSSR count). The highest BCUT2D eigenvalue weighted by Gasteiger charge is 2.18. The second-order valence-corrected chi connectivity index (χ2v) is 6.06. The van der Waals surface area contributed by atoms with E-state index in [1.165, 1.54) is 6.07 Å². The Bertz CT molecular complexity index is 674. The fraction of sp³-hybridized carbons (Fsp3) is 0.0769. The van der Waals surface area contributed by atoms with Gasteiger partial charge < -0.3 is 0 Å². The van der Waals surface area contributed by atoms with Crippen molar-refractivity contribution in [1.29, 1.82) is 0 Å². The molecule has 0 aliphatic carbocycles. The molecule has 0 aliphatic heterocycles. The highest BCUT2D eigenvalue weighted by molar-refractivity contribution is 7.89. The van der Waals surface area contributed by atoms with Crippen molar-refractivity contribution in [3.8, 4) is 0 Å². The highest BCUT2D eigenvalue weighted by Crippen LogP contribution is 2.19. The van der Waals surface area contributed by atoms with E-state index in [1.807, 2.05) is 6.07 Å². The van der Waals surface area contributed by atoms with Gasteiger partial charge in [-0.1, -0.05) is 41.9 Å². The molecule has 0 unspecified atom stereocenters. The molecule has 0 saturated heterocycles. The third-order valence-electron chi connectivity index (χ3n) is 2.49. The quantitative estimate of drug-likeness (QED) is 0.943. The molecule has 0 aliphatic rings. The lowest BCUT2D eigenvalue weighted by Crippen LogP contribution is -2.24. The average Bonchev–Trinajstić information content (AvgIpc) is 2.37. The second kappa shape index (κ2) is 5.69. The number of hydrogen-bond donors (Lipinski definition) is 1. The first kappa shape index (κ1) is 14.0. The van der Waals surface area contributed by atoms with E-state index in [2.05, 4.69) is 4.72 Å². The molecule has 100 valence electrons. The van der Waals surface area contributed by atoms with Crippen LogP contribution in [0.3, 0.4) is 0 Å². The first-order valence-electron chi connectivity index (χ1n) is 5.48. The van der Waals surface area contributed by atoms with Gasteiger partial charge in [-0.05, 0) is 23.8 Å². The second-order valence-electron chi connectivity index (χ2n) is 3.88. The molecule has 0 aromatic heterocycles. The summed E-state index contributed by atoms with van der Waals surface area (Å²) in [6.07, 6.45) is 0. The van der Waals surface area contributed by atoms with Gasteiger partial charge in [0.15, 0.2) is 0 Å². The fourth-order valence-electron chi connectivity index (χ4n) is 1.55. The molecular formula is C13H11ClFNO2S. The van der Waals surface area contributed by atoms with Gasteiger partial charge in [-0.15, -0.1) is 0 Å². The number of rotatable bonds is 4. The Morgan fingerprint density at radius 2 is 1.79 bits per heavy atom. The standard InChI is InChI=1S/C13H11ClFNO2S/c14-11-6-7-13(12(15)8-11)19(17,18)16-9-10-4-2-1-3-5-10/h1-8,16H,9H2. The van der Waals surface area contributed by atoms with Gasteiger partial charge >= 0.3 is 0 Å². The number of halogens is 2. The summed E-state index contributed by atoms with van der Waals surface area (Å²) in [5.41, 5.74) is 0.792. The summed E-state index contributed by atoms with van der Waals surface area (Å²) in [7, 11) is -3.89. The predicted octanol–water partition coefficient (Wildman–Crippen LogP) is 2.96. The van der Waals surface area contributed by atoms with Crippen molar-refractivity contribution in [3.05, 3.63) is 64.9 Å². The summed E-state index contributed by atoms with van der Waals surface area (Å²) >= 11 is 5.58. The van der Waals surface area contributed by atoms with E-state index in [9.17, 15) is 12.8 Å². The van der Waals surface area contributed by atoms with Crippen LogP contribution < -0.4 is 4.72 Å². The summed E-state index contributed by atoms with van der Waals surface area (Å²) in [6.45, 7) is 0.102. The fourth-order valence-corrected chi connectivity index (χ4v) is 2.78. The minimum atomic E-state index is -3.89. The lowest BCUT2D eigenvalue weighted by molar-refractivity contribution is 0.557. The van der Waals surface area contributed by atoms with Crippen LogP contribution in [0.1, 0.15) is 5.56 Å². The van der Waals surface area contributed by atoms with Crippen molar-refractivity contribution in [2.45, 2.75) is 11.4 Å². The molecular weight excluding hydrogens is 289 g/mol. The molecule has 0 radical (unpaired) electrons. The van der Waals surface area contributed by atoms with Crippen LogP contribution in [0.15, 0.2) is 53.4 Å². The molecule has 0 bridgehead atoms. The molecule has 6 heteroatoms. The van der Waals surface area contributed by atoms with E-state index in [4.69, 9.17) is 11.6 Å². The summed E-state index contributed by atoms with van der Waals surface area (Å²) in [4.78, 5) is -0.409. The SMILES string of the molecule is O=S(=O)(NCc1ccccc1)c1ccc(Cl)cc1F. The third kappa shape index (κ3) is 3.53. The molecule has 1 N–H and O–H groups in total. The number of nitrogens with one attached hydrogen (secondary N) is 1. The Hall–Kier alpha value is -1.43. The minimum absolute atomic E-state index is 0.102. The van der Waals surface area contributed by atoms with E-state index < -0.39 is 20.7 Å². The van der Waals surface area contributed by atoms with Crippen LogP contribution in [0.2, 0.25) is 5.02 Å². The summed E-state index contributed by atoms with van der Waals surface area (Å²) in [6, 6.07) is 12.4. The Labute approximate surface area is 116 Å². The van der Waals surface area contributed by atoms with E-state index >= 15 is 0 Å². The van der Waals surface area contributed by atoms with Gasteiger partial charge in [-0.3, -0.25) is 0 Å². The zero-order valence-corrected chi connectivity index (χ0v) is 11.4. The Morgan fingerprint density at radius 1 is 1.11 bits per heavy atom. The third-order valence-corrected chi connectivity index (χ3v) is 4.16. The maximum atomic E-state index is 13.6. The maximum Gasteiger partial charge on any atom is 0.243 e. The molecule has 0 atom stereocenters. The van der Waals surface area contributed by atoms with Gasteiger partial charge in [-0.2, -0.15) is 0 Å². The smallest absolute Gasteiger partial charge is 0.207 e. The monoisotopic (exact) mass is 299 g/mol. The van der Waals surface area contributed by atoms with Crippen LogP contribution >= 0.6 is 11.6 Å². The van der Waals surface area contributed by atoms with E-state index in [0.717, 1.165) is 17.7 Å². The maximum absolute atomic E-state index is 13.6. The zero-order valence-electron chi connectivity index (χ0n) is 9.81. The lowest BCUT2D eigenvalue weighted by Gasteiger charge is -2.08. The molecule has 0 spiro atoms. The number of benzene rings is 2. The highest BCUT2D eigenvalue weighted by atomic mass is 35.5. The Kier molecular flexibility index (Phi) is 4.19. The van der Waals surface area contributed by atoms with Crippen molar-refractivity contribution in [3.63, 3.8) is 0 Å². The van der Waals surface area contributed by atoms with Gasteiger partial charge in [0.05, 0.1) is 0 Å². The first-order valence-corrected chi connectivity index (χ1v) is 7.34. The van der Waals surface area contributed by atoms with Crippen molar-refractivity contribution < 1.29 is 12.8 Å². The lowest BCUT2D eigenvalue weighted by atomic mass is 10.2. The number of sulfonamides is 1. The zero-order chi connectivity index (χ0) is 13.9. The largest absolute Gasteiger partial charge is 0.243 e. The first-order chi connectivity index (χ1) is 8.99. The molecule has 19 heavy (non-hydrogen) atoms. The molecule has 0 heterocycles. The molecule has 0 saturated carbocycles. The average molecular weight is 300 g/mol. The van der Waals surface area contributed by atoms with Crippen LogP contribution in [-0.2, 0) is 16.6 Å². The van der Waals surface area contributed by atoms with Gasteiger partial charge in [0.1, 0.15) is 10.7 Å². The molecule has 0 amide bonds. The van der Waals surface area contributed by atoms with Gasteiger partial charge in [0.25, 0.3) is 0 Å². The normalized spacial score (nSPS) is 11.5. The van der Waals surface area contributed by atoms with Crippen LogP contribution in [-0.4, -0.2) is 8.42 Å².